The van der Waals surface area contributed by atoms with Gasteiger partial charge in [0.15, 0.2) is 0 Å². The second-order valence-electron chi connectivity index (χ2n) is 4.64. The van der Waals surface area contributed by atoms with Crippen LogP contribution in [-0.4, -0.2) is 14.2 Å². The van der Waals surface area contributed by atoms with Gasteiger partial charge in [-0.15, -0.1) is 0 Å². The van der Waals surface area contributed by atoms with Gasteiger partial charge in [-0.25, -0.2) is 4.39 Å². The fourth-order valence-electron chi connectivity index (χ4n) is 2.28. The lowest BCUT2D eigenvalue weighted by atomic mass is 9.98. The number of hydrogen-bond acceptors (Lipinski definition) is 2. The lowest BCUT2D eigenvalue weighted by Crippen LogP contribution is -2.20. The SMILES string of the molecule is CNC(Cc1cc(Br)ccc1OC)c1cccc(Cl)c1F. The second kappa shape index (κ2) is 7.25. The van der Waals surface area contributed by atoms with Crippen LogP contribution in [0.4, 0.5) is 4.39 Å². The highest BCUT2D eigenvalue weighted by molar-refractivity contribution is 9.10. The van der Waals surface area contributed by atoms with Crippen LogP contribution in [0.2, 0.25) is 5.02 Å². The molecule has 2 rings (SSSR count). The normalized spacial score (nSPS) is 12.2. The lowest BCUT2D eigenvalue weighted by Gasteiger charge is -2.19. The summed E-state index contributed by atoms with van der Waals surface area (Å²) in [6, 6.07) is 10.6. The van der Waals surface area contributed by atoms with Crippen molar-refractivity contribution >= 4 is 27.5 Å². The molecule has 1 atom stereocenters. The van der Waals surface area contributed by atoms with Crippen LogP contribution in [0.15, 0.2) is 40.9 Å². The molecular formula is C16H16BrClFNO. The van der Waals surface area contributed by atoms with Crippen molar-refractivity contribution in [3.05, 3.63) is 62.8 Å². The van der Waals surface area contributed by atoms with Crippen LogP contribution in [0.5, 0.6) is 5.75 Å². The quantitative estimate of drug-likeness (QED) is 0.817. The van der Waals surface area contributed by atoms with E-state index in [4.69, 9.17) is 16.3 Å². The summed E-state index contributed by atoms with van der Waals surface area (Å²) >= 11 is 9.32. The standard InChI is InChI=1S/C16H16BrClFNO/c1-20-14(12-4-3-5-13(18)16(12)19)9-10-8-11(17)6-7-15(10)21-2/h3-8,14,20H,9H2,1-2H3. The van der Waals surface area contributed by atoms with E-state index in [-0.39, 0.29) is 16.9 Å². The minimum atomic E-state index is -0.382. The minimum Gasteiger partial charge on any atom is -0.496 e. The Labute approximate surface area is 137 Å². The van der Waals surface area contributed by atoms with E-state index in [2.05, 4.69) is 21.2 Å². The van der Waals surface area contributed by atoms with Gasteiger partial charge < -0.3 is 10.1 Å². The largest absolute Gasteiger partial charge is 0.496 e. The third-order valence-corrected chi connectivity index (χ3v) is 4.16. The first-order chi connectivity index (χ1) is 10.1. The van der Waals surface area contributed by atoms with Gasteiger partial charge in [0.1, 0.15) is 11.6 Å². The van der Waals surface area contributed by atoms with Crippen molar-refractivity contribution in [1.29, 1.82) is 0 Å². The highest BCUT2D eigenvalue weighted by Gasteiger charge is 2.18. The summed E-state index contributed by atoms with van der Waals surface area (Å²) in [6.45, 7) is 0. The molecule has 0 bridgehead atoms. The number of nitrogens with one attached hydrogen (secondary N) is 1. The lowest BCUT2D eigenvalue weighted by molar-refractivity contribution is 0.405. The molecule has 5 heteroatoms. The van der Waals surface area contributed by atoms with Crippen molar-refractivity contribution < 1.29 is 9.13 Å². The molecule has 0 amide bonds. The zero-order valence-electron chi connectivity index (χ0n) is 11.8. The van der Waals surface area contributed by atoms with Gasteiger partial charge in [-0.05, 0) is 43.3 Å². The van der Waals surface area contributed by atoms with Gasteiger partial charge in [0, 0.05) is 16.1 Å². The van der Waals surface area contributed by atoms with Crippen LogP contribution in [0.3, 0.4) is 0 Å². The molecule has 0 saturated carbocycles. The molecule has 2 nitrogen and oxygen atoms in total. The maximum atomic E-state index is 14.2. The van der Waals surface area contributed by atoms with Crippen molar-refractivity contribution in [1.82, 2.24) is 5.32 Å². The molecule has 0 spiro atoms. The molecule has 1 N–H and O–H groups in total. The zero-order valence-corrected chi connectivity index (χ0v) is 14.1. The molecule has 112 valence electrons. The summed E-state index contributed by atoms with van der Waals surface area (Å²) in [6.07, 6.45) is 0.594. The molecule has 0 aliphatic heterocycles. The molecule has 0 aliphatic rings. The number of rotatable bonds is 5. The molecule has 0 aliphatic carbocycles. The maximum Gasteiger partial charge on any atom is 0.146 e. The Hall–Kier alpha value is -1.10. The Kier molecular flexibility index (Phi) is 5.62. The number of benzene rings is 2. The predicted octanol–water partition coefficient (Wildman–Crippen LogP) is 4.75. The number of ether oxygens (including phenoxy) is 1. The summed E-state index contributed by atoms with van der Waals surface area (Å²) < 4.78 is 20.5. The van der Waals surface area contributed by atoms with Gasteiger partial charge in [0.25, 0.3) is 0 Å². The number of halogens is 3. The van der Waals surface area contributed by atoms with Crippen molar-refractivity contribution in [2.45, 2.75) is 12.5 Å². The van der Waals surface area contributed by atoms with E-state index in [1.807, 2.05) is 18.2 Å². The topological polar surface area (TPSA) is 21.3 Å². The molecule has 2 aromatic rings. The van der Waals surface area contributed by atoms with Gasteiger partial charge in [0.05, 0.1) is 12.1 Å². The third-order valence-electron chi connectivity index (χ3n) is 3.37. The van der Waals surface area contributed by atoms with Crippen molar-refractivity contribution in [3.63, 3.8) is 0 Å². The monoisotopic (exact) mass is 371 g/mol. The second-order valence-corrected chi connectivity index (χ2v) is 5.97. The summed E-state index contributed by atoms with van der Waals surface area (Å²) in [5.74, 6) is 0.397. The van der Waals surface area contributed by atoms with E-state index in [1.54, 1.807) is 32.4 Å². The summed E-state index contributed by atoms with van der Waals surface area (Å²) in [4.78, 5) is 0. The van der Waals surface area contributed by atoms with Crippen molar-refractivity contribution in [2.75, 3.05) is 14.2 Å². The van der Waals surface area contributed by atoms with Gasteiger partial charge in [-0.3, -0.25) is 0 Å². The van der Waals surface area contributed by atoms with E-state index in [0.29, 0.717) is 12.0 Å². The average Bonchev–Trinajstić information content (AvgIpc) is 2.48. The Bertz CT molecular complexity index is 636. The Balaban J connectivity index is 2.35. The molecule has 0 heterocycles. The first kappa shape index (κ1) is 16.3. The maximum absolute atomic E-state index is 14.2. The fourth-order valence-corrected chi connectivity index (χ4v) is 2.87. The van der Waals surface area contributed by atoms with Crippen molar-refractivity contribution in [3.8, 4) is 5.75 Å². The van der Waals surface area contributed by atoms with E-state index in [0.717, 1.165) is 15.8 Å². The molecular weight excluding hydrogens is 357 g/mol. The molecule has 0 radical (unpaired) electrons. The summed E-state index contributed by atoms with van der Waals surface area (Å²) in [5.41, 5.74) is 1.54. The van der Waals surface area contributed by atoms with E-state index >= 15 is 0 Å². The van der Waals surface area contributed by atoms with Crippen LogP contribution >= 0.6 is 27.5 Å². The Morgan fingerprint density at radius 3 is 2.76 bits per heavy atom. The first-order valence-electron chi connectivity index (χ1n) is 6.50. The molecule has 2 aromatic carbocycles. The van der Waals surface area contributed by atoms with Gasteiger partial charge >= 0.3 is 0 Å². The van der Waals surface area contributed by atoms with Crippen LogP contribution in [0.25, 0.3) is 0 Å². The number of methoxy groups -OCH3 is 1. The smallest absolute Gasteiger partial charge is 0.146 e. The van der Waals surface area contributed by atoms with Crippen LogP contribution in [-0.2, 0) is 6.42 Å². The number of hydrogen-bond donors (Lipinski definition) is 1. The van der Waals surface area contributed by atoms with E-state index in [9.17, 15) is 4.39 Å². The Morgan fingerprint density at radius 1 is 1.33 bits per heavy atom. The highest BCUT2D eigenvalue weighted by Crippen LogP contribution is 2.30. The fraction of sp³-hybridized carbons (Fsp3) is 0.250. The summed E-state index contributed by atoms with van der Waals surface area (Å²) in [7, 11) is 3.43. The average molecular weight is 373 g/mol. The van der Waals surface area contributed by atoms with Gasteiger partial charge in [-0.2, -0.15) is 0 Å². The predicted molar refractivity (Wildman–Crippen MR) is 87.6 cm³/mol. The van der Waals surface area contributed by atoms with Gasteiger partial charge in [-0.1, -0.05) is 39.7 Å². The van der Waals surface area contributed by atoms with E-state index in [1.165, 1.54) is 0 Å². The Morgan fingerprint density at radius 2 is 2.10 bits per heavy atom. The highest BCUT2D eigenvalue weighted by atomic mass is 79.9. The molecule has 0 fully saturated rings. The van der Waals surface area contributed by atoms with Crippen LogP contribution in [0, 0.1) is 5.82 Å². The van der Waals surface area contributed by atoms with Crippen LogP contribution < -0.4 is 10.1 Å². The minimum absolute atomic E-state index is 0.133. The van der Waals surface area contributed by atoms with Gasteiger partial charge in [0.2, 0.25) is 0 Å². The third kappa shape index (κ3) is 3.76. The summed E-state index contributed by atoms with van der Waals surface area (Å²) in [5, 5.41) is 3.27. The van der Waals surface area contributed by atoms with Crippen LogP contribution in [0.1, 0.15) is 17.2 Å². The van der Waals surface area contributed by atoms with E-state index < -0.39 is 0 Å². The molecule has 0 aromatic heterocycles. The van der Waals surface area contributed by atoms with Crippen molar-refractivity contribution in [2.24, 2.45) is 0 Å². The first-order valence-corrected chi connectivity index (χ1v) is 7.67. The molecule has 1 unspecified atom stereocenters. The molecule has 21 heavy (non-hydrogen) atoms. The number of likely N-dealkylation sites (N-methyl/N-ethyl adjacent to an activating group) is 1. The zero-order chi connectivity index (χ0) is 15.4. The molecule has 0 saturated heterocycles.